The fraction of sp³-hybridized carbons (Fsp3) is 0.250. The first-order valence-electron chi connectivity index (χ1n) is 5.09. The monoisotopic (exact) mass is 239 g/mol. The standard InChI is InChI=1S/C12H14FNO3/c1-2-3-4-10(14)8-5-7(12(16)17)6-9(13)11(8)15/h2,5-6,10,15H,1,3-4,14H2,(H,16,17)/t10-/m1/s1. The molecule has 1 aromatic rings. The summed E-state index contributed by atoms with van der Waals surface area (Å²) in [5, 5.41) is 18.3. The molecule has 17 heavy (non-hydrogen) atoms. The largest absolute Gasteiger partial charge is 0.505 e. The molecule has 0 amide bonds. The number of hydrogen-bond donors (Lipinski definition) is 3. The van der Waals surface area contributed by atoms with Crippen molar-refractivity contribution in [3.8, 4) is 5.75 Å². The first-order valence-corrected chi connectivity index (χ1v) is 5.09. The number of carboxylic acids is 1. The van der Waals surface area contributed by atoms with E-state index in [1.54, 1.807) is 6.08 Å². The van der Waals surface area contributed by atoms with Crippen LogP contribution in [0.4, 0.5) is 4.39 Å². The van der Waals surface area contributed by atoms with Gasteiger partial charge < -0.3 is 15.9 Å². The lowest BCUT2D eigenvalue weighted by Crippen LogP contribution is -2.12. The van der Waals surface area contributed by atoms with Crippen molar-refractivity contribution >= 4 is 5.97 Å². The van der Waals surface area contributed by atoms with E-state index >= 15 is 0 Å². The number of allylic oxidation sites excluding steroid dienone is 1. The van der Waals surface area contributed by atoms with Crippen LogP contribution < -0.4 is 5.73 Å². The van der Waals surface area contributed by atoms with E-state index in [2.05, 4.69) is 6.58 Å². The van der Waals surface area contributed by atoms with Crippen LogP contribution in [0.5, 0.6) is 5.75 Å². The van der Waals surface area contributed by atoms with E-state index in [9.17, 15) is 14.3 Å². The second-order valence-corrected chi connectivity index (χ2v) is 3.67. The Labute approximate surface area is 98.2 Å². The maximum atomic E-state index is 13.3. The van der Waals surface area contributed by atoms with Crippen LogP contribution in [-0.4, -0.2) is 16.2 Å². The Hall–Kier alpha value is -1.88. The van der Waals surface area contributed by atoms with Crippen molar-refractivity contribution in [1.82, 2.24) is 0 Å². The zero-order valence-corrected chi connectivity index (χ0v) is 9.19. The highest BCUT2D eigenvalue weighted by molar-refractivity contribution is 5.88. The molecule has 5 heteroatoms. The lowest BCUT2D eigenvalue weighted by atomic mass is 9.99. The van der Waals surface area contributed by atoms with Gasteiger partial charge in [0.2, 0.25) is 0 Å². The van der Waals surface area contributed by atoms with Gasteiger partial charge in [0, 0.05) is 11.6 Å². The Bertz CT molecular complexity index is 446. The molecule has 0 heterocycles. The van der Waals surface area contributed by atoms with E-state index in [0.29, 0.717) is 12.8 Å². The summed E-state index contributed by atoms with van der Waals surface area (Å²) in [5.74, 6) is -2.83. The highest BCUT2D eigenvalue weighted by Gasteiger charge is 2.17. The van der Waals surface area contributed by atoms with Crippen LogP contribution in [0.2, 0.25) is 0 Å². The topological polar surface area (TPSA) is 83.6 Å². The summed E-state index contributed by atoms with van der Waals surface area (Å²) in [5.41, 5.74) is 5.62. The highest BCUT2D eigenvalue weighted by atomic mass is 19.1. The Balaban J connectivity index is 3.12. The molecule has 4 nitrogen and oxygen atoms in total. The van der Waals surface area contributed by atoms with Gasteiger partial charge in [-0.1, -0.05) is 6.08 Å². The Kier molecular flexibility index (Phi) is 4.23. The molecule has 92 valence electrons. The first-order chi connectivity index (χ1) is 7.97. The van der Waals surface area contributed by atoms with E-state index in [0.717, 1.165) is 6.07 Å². The lowest BCUT2D eigenvalue weighted by Gasteiger charge is -2.14. The quantitative estimate of drug-likeness (QED) is 0.688. The smallest absolute Gasteiger partial charge is 0.335 e. The van der Waals surface area contributed by atoms with Crippen LogP contribution in [0.3, 0.4) is 0 Å². The number of nitrogens with two attached hydrogens (primary N) is 1. The Morgan fingerprint density at radius 3 is 2.76 bits per heavy atom. The number of hydrogen-bond acceptors (Lipinski definition) is 3. The molecule has 0 aromatic heterocycles. The van der Waals surface area contributed by atoms with E-state index < -0.39 is 23.6 Å². The van der Waals surface area contributed by atoms with Gasteiger partial charge in [-0.05, 0) is 25.0 Å². The fourth-order valence-corrected chi connectivity index (χ4v) is 1.48. The molecule has 0 unspecified atom stereocenters. The summed E-state index contributed by atoms with van der Waals surface area (Å²) in [4.78, 5) is 10.7. The second kappa shape index (κ2) is 5.45. The summed E-state index contributed by atoms with van der Waals surface area (Å²) >= 11 is 0. The van der Waals surface area contributed by atoms with Gasteiger partial charge in [0.1, 0.15) is 0 Å². The average Bonchev–Trinajstić information content (AvgIpc) is 2.29. The molecule has 1 rings (SSSR count). The third-order valence-corrected chi connectivity index (χ3v) is 2.42. The third-order valence-electron chi connectivity index (χ3n) is 2.42. The second-order valence-electron chi connectivity index (χ2n) is 3.67. The van der Waals surface area contributed by atoms with Crippen LogP contribution in [-0.2, 0) is 0 Å². The molecule has 0 aliphatic heterocycles. The van der Waals surface area contributed by atoms with E-state index in [-0.39, 0.29) is 11.1 Å². The van der Waals surface area contributed by atoms with Crippen molar-refractivity contribution in [2.45, 2.75) is 18.9 Å². The highest BCUT2D eigenvalue weighted by Crippen LogP contribution is 2.29. The zero-order chi connectivity index (χ0) is 13.0. The van der Waals surface area contributed by atoms with Crippen LogP contribution in [0.15, 0.2) is 24.8 Å². The van der Waals surface area contributed by atoms with Gasteiger partial charge in [-0.3, -0.25) is 0 Å². The third kappa shape index (κ3) is 3.04. The van der Waals surface area contributed by atoms with Crippen molar-refractivity contribution in [2.24, 2.45) is 5.73 Å². The van der Waals surface area contributed by atoms with Crippen molar-refractivity contribution in [2.75, 3.05) is 0 Å². The maximum absolute atomic E-state index is 13.3. The maximum Gasteiger partial charge on any atom is 0.335 e. The summed E-state index contributed by atoms with van der Waals surface area (Å²) < 4.78 is 13.3. The molecule has 4 N–H and O–H groups in total. The zero-order valence-electron chi connectivity index (χ0n) is 9.19. The predicted octanol–water partition coefficient (Wildman–Crippen LogP) is 2.20. The molecule has 1 aromatic carbocycles. The molecule has 0 aliphatic carbocycles. The minimum Gasteiger partial charge on any atom is -0.505 e. The molecule has 1 atom stereocenters. The van der Waals surface area contributed by atoms with Crippen LogP contribution in [0.1, 0.15) is 34.8 Å². The van der Waals surface area contributed by atoms with Gasteiger partial charge in [0.05, 0.1) is 5.56 Å². The number of phenols is 1. The Morgan fingerprint density at radius 1 is 1.59 bits per heavy atom. The summed E-state index contributed by atoms with van der Waals surface area (Å²) in [6, 6.07) is 1.33. The van der Waals surface area contributed by atoms with E-state index in [1.165, 1.54) is 6.07 Å². The normalized spacial score (nSPS) is 12.1. The van der Waals surface area contributed by atoms with Gasteiger partial charge in [-0.25, -0.2) is 9.18 Å². The predicted molar refractivity (Wildman–Crippen MR) is 61.4 cm³/mol. The number of carboxylic acid groups (broad SMARTS) is 1. The van der Waals surface area contributed by atoms with Crippen LogP contribution in [0.25, 0.3) is 0 Å². The molecule has 0 aliphatic rings. The van der Waals surface area contributed by atoms with Crippen LogP contribution >= 0.6 is 0 Å². The molecule has 0 saturated carbocycles. The molecular weight excluding hydrogens is 225 g/mol. The molecule has 0 spiro atoms. The van der Waals surface area contributed by atoms with E-state index in [4.69, 9.17) is 10.8 Å². The minimum absolute atomic E-state index is 0.101. The first kappa shape index (κ1) is 13.2. The SMILES string of the molecule is C=CCC[C@@H](N)c1cc(C(=O)O)cc(F)c1O. The van der Waals surface area contributed by atoms with Crippen LogP contribution in [0, 0.1) is 5.82 Å². The van der Waals surface area contributed by atoms with Crippen molar-refractivity contribution in [3.05, 3.63) is 41.7 Å². The summed E-state index contributed by atoms with van der Waals surface area (Å²) in [6.07, 6.45) is 2.70. The number of aromatic carboxylic acids is 1. The summed E-state index contributed by atoms with van der Waals surface area (Å²) in [7, 11) is 0. The average molecular weight is 239 g/mol. The molecule has 0 bridgehead atoms. The van der Waals surface area contributed by atoms with Gasteiger partial charge in [0.15, 0.2) is 11.6 Å². The molecule has 0 fully saturated rings. The number of phenolic OH excluding ortho intramolecular Hbond substituents is 1. The summed E-state index contributed by atoms with van der Waals surface area (Å²) in [6.45, 7) is 3.53. The van der Waals surface area contributed by atoms with Crippen molar-refractivity contribution in [1.29, 1.82) is 0 Å². The van der Waals surface area contributed by atoms with Gasteiger partial charge in [-0.2, -0.15) is 0 Å². The Morgan fingerprint density at radius 2 is 2.24 bits per heavy atom. The van der Waals surface area contributed by atoms with E-state index in [1.807, 2.05) is 0 Å². The van der Waals surface area contributed by atoms with Crippen molar-refractivity contribution < 1.29 is 19.4 Å². The number of carbonyl (C=O) groups is 1. The molecule has 0 radical (unpaired) electrons. The number of rotatable bonds is 5. The number of halogens is 1. The van der Waals surface area contributed by atoms with Crippen molar-refractivity contribution in [3.63, 3.8) is 0 Å². The number of aromatic hydroxyl groups is 1. The molecular formula is C12H14FNO3. The van der Waals surface area contributed by atoms with Gasteiger partial charge >= 0.3 is 5.97 Å². The minimum atomic E-state index is -1.26. The lowest BCUT2D eigenvalue weighted by molar-refractivity contribution is 0.0696. The fourth-order valence-electron chi connectivity index (χ4n) is 1.48. The van der Waals surface area contributed by atoms with Gasteiger partial charge in [-0.15, -0.1) is 6.58 Å². The number of benzene rings is 1. The van der Waals surface area contributed by atoms with Gasteiger partial charge in [0.25, 0.3) is 0 Å². The molecule has 0 saturated heterocycles.